The molecule has 6 nitrogen and oxygen atoms in total. The van der Waals surface area contributed by atoms with Crippen molar-refractivity contribution in [2.45, 2.75) is 6.92 Å². The van der Waals surface area contributed by atoms with Gasteiger partial charge in [0.15, 0.2) is 0 Å². The molecule has 0 aliphatic heterocycles. The van der Waals surface area contributed by atoms with E-state index in [2.05, 4.69) is 5.73 Å². The number of hydrogen-bond donors (Lipinski definition) is 3. The first-order valence-corrected chi connectivity index (χ1v) is 2.15. The molecule has 6 heteroatoms. The first-order chi connectivity index (χ1) is 4.04. The lowest BCUT2D eigenvalue weighted by Gasteiger charge is -2.11. The van der Waals surface area contributed by atoms with Gasteiger partial charge in [0, 0.05) is 6.92 Å². The maximum absolute atomic E-state index is 10.1. The van der Waals surface area contributed by atoms with E-state index in [1.165, 1.54) is 6.92 Å². The van der Waals surface area contributed by atoms with Gasteiger partial charge in [-0.25, -0.2) is 16.1 Å². The van der Waals surface area contributed by atoms with E-state index in [0.717, 1.165) is 0 Å². The van der Waals surface area contributed by atoms with E-state index in [-0.39, 0.29) is 0 Å². The van der Waals surface area contributed by atoms with Gasteiger partial charge in [0.25, 0.3) is 0 Å². The molecule has 0 aromatic carbocycles. The predicted molar refractivity (Wildman–Crippen MR) is 29.4 cm³/mol. The van der Waals surface area contributed by atoms with Crippen LogP contribution >= 0.6 is 0 Å². The van der Waals surface area contributed by atoms with Crippen molar-refractivity contribution < 1.29 is 9.59 Å². The van der Waals surface area contributed by atoms with Crippen molar-refractivity contribution in [1.82, 2.24) is 10.5 Å². The molecular formula is C3H8N4O2. The molecule has 0 unspecified atom stereocenters. The lowest BCUT2D eigenvalue weighted by atomic mass is 10.8. The third-order valence-electron chi connectivity index (χ3n) is 0.515. The maximum atomic E-state index is 10.1. The fourth-order valence-corrected chi connectivity index (χ4v) is 0.225. The highest BCUT2D eigenvalue weighted by atomic mass is 16.2. The van der Waals surface area contributed by atoms with Crippen molar-refractivity contribution in [3.05, 3.63) is 0 Å². The second kappa shape index (κ2) is 2.88. The Morgan fingerprint density at radius 2 is 2.00 bits per heavy atom. The molecule has 0 saturated heterocycles. The summed E-state index contributed by atoms with van der Waals surface area (Å²) >= 11 is 0. The van der Waals surface area contributed by atoms with Gasteiger partial charge in [0.2, 0.25) is 5.91 Å². The maximum Gasteiger partial charge on any atom is 0.348 e. The number of nitrogens with zero attached hydrogens (tertiary/aromatic N) is 1. The number of nitrogens with two attached hydrogens (primary N) is 2. The Balaban J connectivity index is 3.63. The minimum absolute atomic E-state index is 0.405. The Hall–Kier alpha value is -1.30. The second-order valence-electron chi connectivity index (χ2n) is 1.38. The molecule has 0 atom stereocenters. The second-order valence-corrected chi connectivity index (χ2v) is 1.38. The normalized spacial score (nSPS) is 8.22. The van der Waals surface area contributed by atoms with Gasteiger partial charge in [0.1, 0.15) is 0 Å². The molecule has 5 N–H and O–H groups in total. The number of amides is 3. The Morgan fingerprint density at radius 3 is 2.11 bits per heavy atom. The van der Waals surface area contributed by atoms with Gasteiger partial charge in [0.05, 0.1) is 0 Å². The summed E-state index contributed by atoms with van der Waals surface area (Å²) in [7, 11) is 0. The molecule has 0 saturated carbocycles. The first-order valence-electron chi connectivity index (χ1n) is 2.15. The van der Waals surface area contributed by atoms with Gasteiger partial charge in [-0.1, -0.05) is 0 Å². The summed E-state index contributed by atoms with van der Waals surface area (Å²) in [6.07, 6.45) is 0. The number of nitrogens with one attached hydrogen (secondary N) is 1. The van der Waals surface area contributed by atoms with Crippen LogP contribution in [-0.4, -0.2) is 17.1 Å². The van der Waals surface area contributed by atoms with Gasteiger partial charge in [-0.3, -0.25) is 4.79 Å². The van der Waals surface area contributed by atoms with Crippen molar-refractivity contribution in [3.63, 3.8) is 0 Å². The molecule has 0 rings (SSSR count). The third kappa shape index (κ3) is 3.30. The molecule has 0 aliphatic carbocycles. The number of urea groups is 1. The fraction of sp³-hybridized carbons (Fsp3) is 0.333. The largest absolute Gasteiger partial charge is 0.349 e. The zero-order chi connectivity index (χ0) is 7.44. The lowest BCUT2D eigenvalue weighted by Crippen LogP contribution is -2.52. The van der Waals surface area contributed by atoms with Crippen LogP contribution in [0.3, 0.4) is 0 Å². The molecule has 3 amide bonds. The molecule has 0 heterocycles. The SMILES string of the molecule is CC(=O)NN(N)C(N)=O. The van der Waals surface area contributed by atoms with Gasteiger partial charge in [-0.2, -0.15) is 5.12 Å². The summed E-state index contributed by atoms with van der Waals surface area (Å²) in [6, 6.07) is -0.912. The number of carbonyl (C=O) groups excluding carboxylic acids is 2. The molecule has 9 heavy (non-hydrogen) atoms. The van der Waals surface area contributed by atoms with E-state index in [1.54, 1.807) is 0 Å². The molecule has 0 aliphatic rings. The standard InChI is InChI=1S/C3H8N4O2/c1-2(8)6-7(5)3(4)9/h5H2,1H3,(H2,4,9)(H,6,8). The average Bonchev–Trinajstić information content (AvgIpc) is 1.63. The first kappa shape index (κ1) is 7.70. The predicted octanol–water partition coefficient (Wildman–Crippen LogP) is -1.71. The van der Waals surface area contributed by atoms with E-state index in [9.17, 15) is 9.59 Å². The zero-order valence-electron chi connectivity index (χ0n) is 4.92. The van der Waals surface area contributed by atoms with Crippen LogP contribution in [0.2, 0.25) is 0 Å². The minimum atomic E-state index is -0.912. The van der Waals surface area contributed by atoms with Crippen molar-refractivity contribution in [2.24, 2.45) is 11.6 Å². The molecule has 0 aromatic heterocycles. The van der Waals surface area contributed by atoms with Crippen LogP contribution in [0.1, 0.15) is 6.92 Å². The van der Waals surface area contributed by atoms with Crippen LogP contribution < -0.4 is 17.0 Å². The average molecular weight is 132 g/mol. The number of hydrazine groups is 2. The van der Waals surface area contributed by atoms with E-state index >= 15 is 0 Å². The van der Waals surface area contributed by atoms with Crippen LogP contribution in [0.15, 0.2) is 0 Å². The summed E-state index contributed by atoms with van der Waals surface area (Å²) in [5.41, 5.74) is 6.57. The molecule has 0 spiro atoms. The Kier molecular flexibility index (Phi) is 2.46. The summed E-state index contributed by atoms with van der Waals surface area (Å²) in [5, 5.41) is 0.405. The van der Waals surface area contributed by atoms with Gasteiger partial charge in [-0.15, -0.1) is 0 Å². The molecule has 0 bridgehead atoms. The van der Waals surface area contributed by atoms with E-state index in [4.69, 9.17) is 5.84 Å². The van der Waals surface area contributed by atoms with E-state index < -0.39 is 11.9 Å². The van der Waals surface area contributed by atoms with Gasteiger partial charge in [-0.05, 0) is 0 Å². The monoisotopic (exact) mass is 132 g/mol. The van der Waals surface area contributed by atoms with Crippen LogP contribution in [0.5, 0.6) is 0 Å². The number of carbonyl (C=O) groups is 2. The number of rotatable bonds is 0. The topological polar surface area (TPSA) is 101 Å². The molecular weight excluding hydrogens is 124 g/mol. The Labute approximate surface area is 51.7 Å². The number of primary amides is 1. The van der Waals surface area contributed by atoms with Crippen LogP contribution in [0.25, 0.3) is 0 Å². The Morgan fingerprint density at radius 1 is 1.56 bits per heavy atom. The van der Waals surface area contributed by atoms with E-state index in [1.807, 2.05) is 5.43 Å². The van der Waals surface area contributed by atoms with Crippen LogP contribution in [-0.2, 0) is 4.79 Å². The zero-order valence-corrected chi connectivity index (χ0v) is 4.92. The highest BCUT2D eigenvalue weighted by Gasteiger charge is 2.02. The Bertz CT molecular complexity index is 134. The summed E-state index contributed by atoms with van der Waals surface area (Å²) in [6.45, 7) is 1.21. The van der Waals surface area contributed by atoms with Crippen LogP contribution in [0, 0.1) is 0 Å². The highest BCUT2D eigenvalue weighted by Crippen LogP contribution is 1.66. The third-order valence-corrected chi connectivity index (χ3v) is 0.515. The number of hydrogen-bond acceptors (Lipinski definition) is 3. The fourth-order valence-electron chi connectivity index (χ4n) is 0.225. The molecule has 52 valence electrons. The quantitative estimate of drug-likeness (QED) is 0.208. The molecule has 0 radical (unpaired) electrons. The minimum Gasteiger partial charge on any atom is -0.349 e. The van der Waals surface area contributed by atoms with Gasteiger partial charge >= 0.3 is 6.03 Å². The summed E-state index contributed by atoms with van der Waals surface area (Å²) in [4.78, 5) is 20.2. The van der Waals surface area contributed by atoms with E-state index in [0.29, 0.717) is 5.12 Å². The summed E-state index contributed by atoms with van der Waals surface area (Å²) in [5.74, 6) is 4.40. The van der Waals surface area contributed by atoms with Gasteiger partial charge < -0.3 is 5.73 Å². The lowest BCUT2D eigenvalue weighted by molar-refractivity contribution is -0.122. The van der Waals surface area contributed by atoms with Crippen molar-refractivity contribution >= 4 is 11.9 Å². The van der Waals surface area contributed by atoms with Crippen LogP contribution in [0.4, 0.5) is 4.79 Å². The van der Waals surface area contributed by atoms with Crippen molar-refractivity contribution in [1.29, 1.82) is 0 Å². The molecule has 0 aromatic rings. The smallest absolute Gasteiger partial charge is 0.348 e. The van der Waals surface area contributed by atoms with Crippen molar-refractivity contribution in [2.75, 3.05) is 0 Å². The highest BCUT2D eigenvalue weighted by molar-refractivity contribution is 5.78. The molecule has 0 fully saturated rings. The summed E-state index contributed by atoms with van der Waals surface area (Å²) < 4.78 is 0. The van der Waals surface area contributed by atoms with Crippen molar-refractivity contribution in [3.8, 4) is 0 Å².